The molecule has 2 rings (SSSR count). The largest absolute Gasteiger partial charge is 0.488 e. The van der Waals surface area contributed by atoms with Crippen LogP contribution < -0.4 is 4.90 Å². The summed E-state index contributed by atoms with van der Waals surface area (Å²) in [6, 6.07) is 9.57. The first kappa shape index (κ1) is 12.4. The highest BCUT2D eigenvalue weighted by Crippen LogP contribution is 2.19. The van der Waals surface area contributed by atoms with Crippen molar-refractivity contribution in [1.29, 1.82) is 0 Å². The monoisotopic (exact) mass is 243 g/mol. The molecule has 1 aliphatic rings. The van der Waals surface area contributed by atoms with Crippen LogP contribution in [0, 0.1) is 0 Å². The van der Waals surface area contributed by atoms with Crippen molar-refractivity contribution in [2.24, 2.45) is 0 Å². The zero-order valence-electron chi connectivity index (χ0n) is 10.3. The Hall–Kier alpha value is -2.03. The van der Waals surface area contributed by atoms with E-state index in [4.69, 9.17) is 4.74 Å². The highest BCUT2D eigenvalue weighted by Gasteiger charge is 2.21. The number of rotatable bonds is 4. The van der Waals surface area contributed by atoms with Gasteiger partial charge in [0.2, 0.25) is 0 Å². The molecule has 0 bridgehead atoms. The Kier molecular flexibility index (Phi) is 4.18. The average molecular weight is 243 g/mol. The number of anilines is 1. The van der Waals surface area contributed by atoms with Gasteiger partial charge in [0, 0.05) is 12.2 Å². The molecule has 0 radical (unpaired) electrons. The molecule has 18 heavy (non-hydrogen) atoms. The van der Waals surface area contributed by atoms with Gasteiger partial charge in [-0.05, 0) is 31.1 Å². The van der Waals surface area contributed by atoms with E-state index in [9.17, 15) is 4.79 Å². The lowest BCUT2D eigenvalue weighted by Crippen LogP contribution is -2.33. The second-order valence-corrected chi connectivity index (χ2v) is 4.10. The molecule has 1 aliphatic heterocycles. The molecule has 0 N–H and O–H groups in total. The summed E-state index contributed by atoms with van der Waals surface area (Å²) in [5, 5.41) is 0. The summed E-state index contributed by atoms with van der Waals surface area (Å²) in [5.41, 5.74) is 0.859. The molecule has 0 aromatic heterocycles. The summed E-state index contributed by atoms with van der Waals surface area (Å²) >= 11 is 0. The van der Waals surface area contributed by atoms with Crippen LogP contribution in [0.15, 0.2) is 54.8 Å². The molecule has 0 unspecified atom stereocenters. The summed E-state index contributed by atoms with van der Waals surface area (Å²) in [6.45, 7) is 4.79. The molecule has 1 amide bonds. The Morgan fingerprint density at radius 3 is 2.78 bits per heavy atom. The first-order valence-corrected chi connectivity index (χ1v) is 6.13. The van der Waals surface area contributed by atoms with Gasteiger partial charge in [0.1, 0.15) is 0 Å². The van der Waals surface area contributed by atoms with E-state index in [0.717, 1.165) is 18.5 Å². The van der Waals surface area contributed by atoms with Crippen molar-refractivity contribution in [2.75, 3.05) is 18.1 Å². The topological polar surface area (TPSA) is 29.5 Å². The fourth-order valence-corrected chi connectivity index (χ4v) is 1.88. The third-order valence-corrected chi connectivity index (χ3v) is 2.77. The lowest BCUT2D eigenvalue weighted by atomic mass is 10.2. The lowest BCUT2D eigenvalue weighted by molar-refractivity contribution is -0.118. The fraction of sp³-hybridized carbons (Fsp3) is 0.267. The number of benzene rings is 1. The minimum absolute atomic E-state index is 0.0965. The third-order valence-electron chi connectivity index (χ3n) is 2.77. The zero-order valence-corrected chi connectivity index (χ0v) is 10.3. The van der Waals surface area contributed by atoms with Crippen molar-refractivity contribution in [3.63, 3.8) is 0 Å². The second kappa shape index (κ2) is 6.05. The van der Waals surface area contributed by atoms with Crippen molar-refractivity contribution < 1.29 is 9.53 Å². The fourth-order valence-electron chi connectivity index (χ4n) is 1.88. The molecule has 0 saturated carbocycles. The van der Waals surface area contributed by atoms with E-state index in [2.05, 4.69) is 6.58 Å². The average Bonchev–Trinajstić information content (AvgIpc) is 2.46. The number of para-hydroxylation sites is 1. The minimum Gasteiger partial charge on any atom is -0.488 e. The Labute approximate surface area is 107 Å². The first-order chi connectivity index (χ1) is 8.83. The number of carbonyl (C=O) groups is 1. The van der Waals surface area contributed by atoms with Crippen LogP contribution >= 0.6 is 0 Å². The van der Waals surface area contributed by atoms with Gasteiger partial charge < -0.3 is 9.64 Å². The van der Waals surface area contributed by atoms with Gasteiger partial charge in [-0.1, -0.05) is 24.3 Å². The number of hydrogen-bond acceptors (Lipinski definition) is 2. The molecule has 0 fully saturated rings. The van der Waals surface area contributed by atoms with Gasteiger partial charge in [-0.3, -0.25) is 4.79 Å². The highest BCUT2D eigenvalue weighted by atomic mass is 16.5. The van der Waals surface area contributed by atoms with Gasteiger partial charge in [0.15, 0.2) is 5.76 Å². The smallest absolute Gasteiger partial charge is 0.293 e. The number of carbonyl (C=O) groups excluding carboxylic acids is 1. The van der Waals surface area contributed by atoms with Crippen molar-refractivity contribution >= 4 is 11.6 Å². The Morgan fingerprint density at radius 1 is 1.39 bits per heavy atom. The maximum absolute atomic E-state index is 12.4. The zero-order chi connectivity index (χ0) is 12.8. The maximum atomic E-state index is 12.4. The van der Waals surface area contributed by atoms with Crippen LogP contribution in [-0.2, 0) is 9.53 Å². The van der Waals surface area contributed by atoms with E-state index in [1.165, 1.54) is 0 Å². The van der Waals surface area contributed by atoms with Crippen LogP contribution in [-0.4, -0.2) is 19.1 Å². The summed E-state index contributed by atoms with van der Waals surface area (Å²) in [4.78, 5) is 14.0. The molecule has 1 aromatic carbocycles. The van der Waals surface area contributed by atoms with Gasteiger partial charge in [0.05, 0.1) is 6.61 Å². The van der Waals surface area contributed by atoms with E-state index < -0.39 is 0 Å². The normalized spacial score (nSPS) is 14.3. The Balaban J connectivity index is 2.22. The summed E-state index contributed by atoms with van der Waals surface area (Å²) in [7, 11) is 0. The van der Waals surface area contributed by atoms with E-state index in [1.807, 2.05) is 36.4 Å². The summed E-state index contributed by atoms with van der Waals surface area (Å²) in [5.74, 6) is 0.354. The molecule has 3 heteroatoms. The van der Waals surface area contributed by atoms with Crippen LogP contribution in [0.5, 0.6) is 0 Å². The van der Waals surface area contributed by atoms with Crippen molar-refractivity contribution in [1.82, 2.24) is 0 Å². The Bertz CT molecular complexity index is 451. The maximum Gasteiger partial charge on any atom is 0.293 e. The molecule has 1 aromatic rings. The van der Waals surface area contributed by atoms with E-state index >= 15 is 0 Å². The Morgan fingerprint density at radius 2 is 2.17 bits per heavy atom. The minimum atomic E-state index is -0.0965. The molecule has 0 saturated heterocycles. The summed E-state index contributed by atoms with van der Waals surface area (Å²) < 4.78 is 5.42. The molecule has 94 valence electrons. The third kappa shape index (κ3) is 2.80. The number of allylic oxidation sites excluding steroid dienone is 1. The molecular weight excluding hydrogens is 226 g/mol. The lowest BCUT2D eigenvalue weighted by Gasteiger charge is -2.24. The molecule has 0 aliphatic carbocycles. The van der Waals surface area contributed by atoms with Gasteiger partial charge in [-0.15, -0.1) is 6.58 Å². The van der Waals surface area contributed by atoms with Crippen LogP contribution in [0.1, 0.15) is 12.8 Å². The van der Waals surface area contributed by atoms with E-state index in [-0.39, 0.29) is 5.91 Å². The highest BCUT2D eigenvalue weighted by molar-refractivity contribution is 6.04. The number of nitrogens with zero attached hydrogens (tertiary/aromatic N) is 1. The van der Waals surface area contributed by atoms with Crippen molar-refractivity contribution in [2.45, 2.75) is 12.8 Å². The van der Waals surface area contributed by atoms with Gasteiger partial charge >= 0.3 is 0 Å². The first-order valence-electron chi connectivity index (χ1n) is 6.13. The van der Waals surface area contributed by atoms with Crippen LogP contribution in [0.3, 0.4) is 0 Å². The van der Waals surface area contributed by atoms with Gasteiger partial charge in [0.25, 0.3) is 5.91 Å². The van der Waals surface area contributed by atoms with Crippen molar-refractivity contribution in [3.8, 4) is 0 Å². The SMILES string of the molecule is C=CCN(C(=O)C1=CCCCO1)c1ccccc1. The standard InChI is InChI=1S/C15H17NO2/c1-2-11-16(13-8-4-3-5-9-13)15(17)14-10-6-7-12-18-14/h2-5,8-10H,1,6-7,11-12H2. The number of ether oxygens (including phenoxy) is 1. The van der Waals surface area contributed by atoms with Crippen LogP contribution in [0.25, 0.3) is 0 Å². The number of amides is 1. The van der Waals surface area contributed by atoms with Crippen LogP contribution in [0.2, 0.25) is 0 Å². The second-order valence-electron chi connectivity index (χ2n) is 4.10. The predicted octanol–water partition coefficient (Wildman–Crippen LogP) is 2.90. The molecular formula is C15H17NO2. The van der Waals surface area contributed by atoms with Gasteiger partial charge in [-0.2, -0.15) is 0 Å². The molecule has 1 heterocycles. The van der Waals surface area contributed by atoms with Crippen LogP contribution in [0.4, 0.5) is 5.69 Å². The molecule has 3 nitrogen and oxygen atoms in total. The van der Waals surface area contributed by atoms with E-state index in [0.29, 0.717) is 18.9 Å². The number of hydrogen-bond donors (Lipinski definition) is 0. The molecule has 0 atom stereocenters. The van der Waals surface area contributed by atoms with Crippen molar-refractivity contribution in [3.05, 3.63) is 54.8 Å². The van der Waals surface area contributed by atoms with Gasteiger partial charge in [-0.25, -0.2) is 0 Å². The molecule has 0 spiro atoms. The van der Waals surface area contributed by atoms with E-state index in [1.54, 1.807) is 11.0 Å². The quantitative estimate of drug-likeness (QED) is 0.761. The summed E-state index contributed by atoms with van der Waals surface area (Å²) in [6.07, 6.45) is 5.46. The predicted molar refractivity (Wildman–Crippen MR) is 72.3 cm³/mol.